The van der Waals surface area contributed by atoms with Crippen LogP contribution in [0.1, 0.15) is 39.0 Å². The van der Waals surface area contributed by atoms with Crippen molar-refractivity contribution in [1.82, 2.24) is 0 Å². The first-order valence-electron chi connectivity index (χ1n) is 6.62. The van der Waals surface area contributed by atoms with Gasteiger partial charge in [-0.25, -0.2) is 4.99 Å². The number of hydrogen-bond donors (Lipinski definition) is 0. The van der Waals surface area contributed by atoms with Gasteiger partial charge in [-0.3, -0.25) is 19.7 Å². The molecule has 7 heteroatoms. The van der Waals surface area contributed by atoms with E-state index in [1.54, 1.807) is 0 Å². The van der Waals surface area contributed by atoms with E-state index in [0.717, 1.165) is 25.7 Å². The number of allylic oxidation sites excluding steroid dienone is 1. The number of carbonyl (C=O) groups is 2. The molecule has 1 aliphatic carbocycles. The van der Waals surface area contributed by atoms with Crippen LogP contribution in [-0.4, -0.2) is 28.6 Å². The summed E-state index contributed by atoms with van der Waals surface area (Å²) in [4.78, 5) is 37.0. The molecule has 0 spiro atoms. The van der Waals surface area contributed by atoms with E-state index in [-0.39, 0.29) is 18.1 Å². The van der Waals surface area contributed by atoms with Crippen LogP contribution in [0, 0.1) is 16.0 Å². The molecule has 0 aromatic heterocycles. The van der Waals surface area contributed by atoms with Crippen LogP contribution in [0.15, 0.2) is 16.8 Å². The summed E-state index contributed by atoms with van der Waals surface area (Å²) >= 11 is 0. The third-order valence-electron chi connectivity index (χ3n) is 3.51. The van der Waals surface area contributed by atoms with Gasteiger partial charge in [0.15, 0.2) is 5.76 Å². The average Bonchev–Trinajstić information content (AvgIpc) is 2.79. The molecule has 20 heavy (non-hydrogen) atoms. The highest BCUT2D eigenvalue weighted by atomic mass is 16.6. The molecular weight excluding hydrogens is 264 g/mol. The van der Waals surface area contributed by atoms with Gasteiger partial charge in [0.2, 0.25) is 0 Å². The maximum atomic E-state index is 11.8. The summed E-state index contributed by atoms with van der Waals surface area (Å²) < 4.78 is 5.05. The monoisotopic (exact) mass is 280 g/mol. The maximum Gasteiger partial charge on any atom is 0.348 e. The van der Waals surface area contributed by atoms with Gasteiger partial charge in [-0.05, 0) is 25.7 Å². The summed E-state index contributed by atoms with van der Waals surface area (Å²) in [7, 11) is 0. The van der Waals surface area contributed by atoms with Gasteiger partial charge in [0, 0.05) is 23.1 Å². The van der Waals surface area contributed by atoms with Crippen molar-refractivity contribution >= 4 is 17.6 Å². The van der Waals surface area contributed by atoms with Crippen LogP contribution in [0.2, 0.25) is 0 Å². The Bertz CT molecular complexity index is 503. The van der Waals surface area contributed by atoms with E-state index in [0.29, 0.717) is 5.71 Å². The largest absolute Gasteiger partial charge is 0.423 e. The van der Waals surface area contributed by atoms with Gasteiger partial charge in [0.25, 0.3) is 0 Å². The molecule has 0 aromatic rings. The molecule has 0 radical (unpaired) electrons. The Morgan fingerprint density at radius 2 is 2.15 bits per heavy atom. The van der Waals surface area contributed by atoms with Crippen molar-refractivity contribution in [2.45, 2.75) is 45.1 Å². The van der Waals surface area contributed by atoms with Gasteiger partial charge in [-0.1, -0.05) is 12.8 Å². The highest BCUT2D eigenvalue weighted by Gasteiger charge is 2.39. The standard InChI is InChI=1S/C13H16N2O5/c1-8-6-10(12(15(18)19)13(17)14-8)20-11(16)7-9-4-2-3-5-9/h6,9,12H,2-5,7H2,1H3. The molecule has 1 aliphatic heterocycles. The second-order valence-electron chi connectivity index (χ2n) is 5.15. The average molecular weight is 280 g/mol. The molecule has 2 rings (SSSR count). The third kappa shape index (κ3) is 3.28. The topological polar surface area (TPSA) is 98.9 Å². The number of ether oxygens (including phenoxy) is 1. The first-order valence-corrected chi connectivity index (χ1v) is 6.62. The van der Waals surface area contributed by atoms with Gasteiger partial charge >= 0.3 is 17.9 Å². The minimum Gasteiger partial charge on any atom is -0.423 e. The van der Waals surface area contributed by atoms with E-state index in [2.05, 4.69) is 4.99 Å². The lowest BCUT2D eigenvalue weighted by Gasteiger charge is -2.15. The Balaban J connectivity index is 2.04. The highest BCUT2D eigenvalue weighted by Crippen LogP contribution is 2.28. The molecule has 0 bridgehead atoms. The van der Waals surface area contributed by atoms with Gasteiger partial charge in [-0.2, -0.15) is 0 Å². The Kier molecular flexibility index (Phi) is 4.26. The van der Waals surface area contributed by atoms with Crippen LogP contribution in [0.4, 0.5) is 0 Å². The predicted molar refractivity (Wildman–Crippen MR) is 69.6 cm³/mol. The van der Waals surface area contributed by atoms with Crippen molar-refractivity contribution in [2.24, 2.45) is 10.9 Å². The van der Waals surface area contributed by atoms with Crippen molar-refractivity contribution in [2.75, 3.05) is 0 Å². The number of esters is 1. The molecule has 1 amide bonds. The van der Waals surface area contributed by atoms with Crippen molar-refractivity contribution in [1.29, 1.82) is 0 Å². The van der Waals surface area contributed by atoms with Crippen LogP contribution in [0.3, 0.4) is 0 Å². The minimum absolute atomic E-state index is 0.226. The fourth-order valence-electron chi connectivity index (χ4n) is 2.58. The summed E-state index contributed by atoms with van der Waals surface area (Å²) in [5.41, 5.74) is 0.303. The van der Waals surface area contributed by atoms with Crippen molar-refractivity contribution < 1.29 is 19.2 Å². The molecular formula is C13H16N2O5. The van der Waals surface area contributed by atoms with Gasteiger partial charge in [-0.15, -0.1) is 0 Å². The highest BCUT2D eigenvalue weighted by molar-refractivity contribution is 6.06. The second kappa shape index (κ2) is 5.94. The molecule has 1 heterocycles. The van der Waals surface area contributed by atoms with E-state index < -0.39 is 22.8 Å². The number of dihydropyridines is 1. The summed E-state index contributed by atoms with van der Waals surface area (Å²) in [6.07, 6.45) is 5.68. The fraction of sp³-hybridized carbons (Fsp3) is 0.615. The lowest BCUT2D eigenvalue weighted by Crippen LogP contribution is -2.35. The van der Waals surface area contributed by atoms with Gasteiger partial charge in [0.05, 0.1) is 0 Å². The zero-order valence-electron chi connectivity index (χ0n) is 11.2. The van der Waals surface area contributed by atoms with Gasteiger partial charge < -0.3 is 4.74 Å². The number of nitrogens with zero attached hydrogens (tertiary/aromatic N) is 2. The number of aliphatic imine (C=N–C) groups is 1. The van der Waals surface area contributed by atoms with E-state index in [4.69, 9.17) is 4.74 Å². The first-order chi connectivity index (χ1) is 9.47. The van der Waals surface area contributed by atoms with E-state index in [9.17, 15) is 19.7 Å². The maximum absolute atomic E-state index is 11.8. The predicted octanol–water partition coefficient (Wildman–Crippen LogP) is 1.64. The minimum atomic E-state index is -1.70. The van der Waals surface area contributed by atoms with E-state index in [1.165, 1.54) is 13.0 Å². The Hall–Kier alpha value is -2.05. The Morgan fingerprint density at radius 1 is 1.50 bits per heavy atom. The van der Waals surface area contributed by atoms with Crippen LogP contribution in [-0.2, 0) is 14.3 Å². The smallest absolute Gasteiger partial charge is 0.348 e. The number of hydrogen-bond acceptors (Lipinski definition) is 5. The lowest BCUT2D eigenvalue weighted by atomic mass is 10.0. The first kappa shape index (κ1) is 14.4. The summed E-state index contributed by atoms with van der Waals surface area (Å²) in [5, 5.41) is 10.9. The lowest BCUT2D eigenvalue weighted by molar-refractivity contribution is -0.501. The molecule has 0 saturated heterocycles. The van der Waals surface area contributed by atoms with Crippen molar-refractivity contribution in [3.8, 4) is 0 Å². The van der Waals surface area contributed by atoms with Crippen molar-refractivity contribution in [3.63, 3.8) is 0 Å². The molecule has 108 valence electrons. The number of carbonyl (C=O) groups excluding carboxylic acids is 2. The van der Waals surface area contributed by atoms with E-state index >= 15 is 0 Å². The van der Waals surface area contributed by atoms with E-state index in [1.807, 2.05) is 0 Å². The molecule has 0 N–H and O–H groups in total. The van der Waals surface area contributed by atoms with Gasteiger partial charge in [0.1, 0.15) is 0 Å². The molecule has 1 atom stereocenters. The fourth-order valence-corrected chi connectivity index (χ4v) is 2.58. The summed E-state index contributed by atoms with van der Waals surface area (Å²) in [5.74, 6) is -1.36. The molecule has 2 aliphatic rings. The Labute approximate surface area is 115 Å². The van der Waals surface area contributed by atoms with Crippen LogP contribution < -0.4 is 0 Å². The number of amides is 1. The molecule has 1 saturated carbocycles. The normalized spacial score (nSPS) is 23.2. The molecule has 7 nitrogen and oxygen atoms in total. The van der Waals surface area contributed by atoms with Crippen LogP contribution >= 0.6 is 0 Å². The van der Waals surface area contributed by atoms with Crippen LogP contribution in [0.25, 0.3) is 0 Å². The quantitative estimate of drug-likeness (QED) is 0.443. The zero-order valence-corrected chi connectivity index (χ0v) is 11.2. The van der Waals surface area contributed by atoms with Crippen molar-refractivity contribution in [3.05, 3.63) is 21.9 Å². The zero-order chi connectivity index (χ0) is 14.7. The summed E-state index contributed by atoms with van der Waals surface area (Å²) in [6.45, 7) is 1.53. The molecule has 1 fully saturated rings. The summed E-state index contributed by atoms with van der Waals surface area (Å²) in [6, 6.07) is -1.70. The number of nitro groups is 1. The second-order valence-corrected chi connectivity index (χ2v) is 5.15. The molecule has 1 unspecified atom stereocenters. The molecule has 0 aromatic carbocycles. The number of rotatable bonds is 4. The Morgan fingerprint density at radius 3 is 2.75 bits per heavy atom. The van der Waals surface area contributed by atoms with Crippen LogP contribution in [0.5, 0.6) is 0 Å². The third-order valence-corrected chi connectivity index (χ3v) is 3.51. The SMILES string of the molecule is CC1=NC(=O)C([N+](=O)[O-])C(OC(=O)CC2CCCC2)=C1.